The van der Waals surface area contributed by atoms with Crippen LogP contribution < -0.4 is 10.6 Å². The van der Waals surface area contributed by atoms with E-state index in [1.54, 1.807) is 12.4 Å². The van der Waals surface area contributed by atoms with Crippen LogP contribution in [0.5, 0.6) is 0 Å². The molecule has 172 valence electrons. The van der Waals surface area contributed by atoms with Gasteiger partial charge in [0.05, 0.1) is 13.1 Å². The Kier molecular flexibility index (Phi) is 8.99. The van der Waals surface area contributed by atoms with Crippen LogP contribution in [-0.2, 0) is 19.6 Å². The summed E-state index contributed by atoms with van der Waals surface area (Å²) in [5.74, 6) is 2.54. The number of pyridine rings is 1. The Bertz CT molecular complexity index is 1150. The van der Waals surface area contributed by atoms with E-state index in [0.717, 1.165) is 36.3 Å². The minimum atomic E-state index is 0. The second-order valence-electron chi connectivity index (χ2n) is 7.39. The molecule has 0 aliphatic carbocycles. The summed E-state index contributed by atoms with van der Waals surface area (Å²) >= 11 is 0. The molecule has 4 rings (SSSR count). The smallest absolute Gasteiger partial charge is 0.191 e. The summed E-state index contributed by atoms with van der Waals surface area (Å²) in [5.41, 5.74) is 3.49. The zero-order chi connectivity index (χ0) is 22.2. The molecule has 0 aliphatic heterocycles. The van der Waals surface area contributed by atoms with Crippen LogP contribution in [0.1, 0.15) is 29.4 Å². The van der Waals surface area contributed by atoms with E-state index < -0.39 is 0 Å². The number of aromatic nitrogens is 5. The number of benzene rings is 1. The van der Waals surface area contributed by atoms with E-state index in [-0.39, 0.29) is 24.0 Å². The molecular formula is C24H29IN8. The molecule has 8 nitrogen and oxygen atoms in total. The maximum absolute atomic E-state index is 4.73. The highest BCUT2D eigenvalue weighted by atomic mass is 127. The van der Waals surface area contributed by atoms with Crippen molar-refractivity contribution in [1.82, 2.24) is 34.9 Å². The second-order valence-corrected chi connectivity index (χ2v) is 7.39. The molecule has 0 fully saturated rings. The Balaban J connectivity index is 0.00000306. The fourth-order valence-electron chi connectivity index (χ4n) is 3.42. The molecule has 2 N–H and O–H groups in total. The van der Waals surface area contributed by atoms with E-state index in [1.807, 2.05) is 53.0 Å². The highest BCUT2D eigenvalue weighted by molar-refractivity contribution is 14.0. The van der Waals surface area contributed by atoms with Crippen molar-refractivity contribution in [2.45, 2.75) is 33.5 Å². The number of hydrogen-bond acceptors (Lipinski definition) is 4. The lowest BCUT2D eigenvalue weighted by Crippen LogP contribution is -2.37. The summed E-state index contributed by atoms with van der Waals surface area (Å²) in [7, 11) is 0. The number of nitrogens with zero attached hydrogens (tertiary/aromatic N) is 6. The number of hydrogen-bond donors (Lipinski definition) is 2. The average molecular weight is 556 g/mol. The second kappa shape index (κ2) is 12.1. The van der Waals surface area contributed by atoms with E-state index in [0.29, 0.717) is 13.1 Å². The van der Waals surface area contributed by atoms with Crippen LogP contribution >= 0.6 is 24.0 Å². The summed E-state index contributed by atoms with van der Waals surface area (Å²) in [6.07, 6.45) is 9.32. The average Bonchev–Trinajstić information content (AvgIpc) is 3.49. The number of guanidine groups is 1. The van der Waals surface area contributed by atoms with E-state index in [4.69, 9.17) is 4.99 Å². The monoisotopic (exact) mass is 556 g/mol. The van der Waals surface area contributed by atoms with E-state index in [1.165, 1.54) is 11.1 Å². The number of nitrogens with one attached hydrogen (secondary N) is 2. The lowest BCUT2D eigenvalue weighted by molar-refractivity contribution is 0.677. The number of imidazole rings is 1. The molecule has 33 heavy (non-hydrogen) atoms. The van der Waals surface area contributed by atoms with Crippen LogP contribution in [0.2, 0.25) is 0 Å². The summed E-state index contributed by atoms with van der Waals surface area (Å²) in [6, 6.07) is 14.4. The molecule has 0 aliphatic rings. The molecule has 0 amide bonds. The van der Waals surface area contributed by atoms with Gasteiger partial charge >= 0.3 is 0 Å². The largest absolute Gasteiger partial charge is 0.357 e. The van der Waals surface area contributed by atoms with Gasteiger partial charge in [-0.25, -0.2) is 15.0 Å². The first kappa shape index (κ1) is 24.4. The Labute approximate surface area is 211 Å². The number of rotatable bonds is 8. The minimum absolute atomic E-state index is 0. The van der Waals surface area contributed by atoms with E-state index >= 15 is 0 Å². The Morgan fingerprint density at radius 1 is 0.970 bits per heavy atom. The predicted octanol–water partition coefficient (Wildman–Crippen LogP) is 3.69. The maximum Gasteiger partial charge on any atom is 0.191 e. The Morgan fingerprint density at radius 3 is 2.48 bits per heavy atom. The van der Waals surface area contributed by atoms with Crippen molar-refractivity contribution in [2.24, 2.45) is 4.99 Å². The van der Waals surface area contributed by atoms with Gasteiger partial charge < -0.3 is 10.6 Å². The topological polar surface area (TPSA) is 85.0 Å². The lowest BCUT2D eigenvalue weighted by Gasteiger charge is -2.14. The molecule has 3 aromatic heterocycles. The molecule has 0 radical (unpaired) electrons. The first-order chi connectivity index (χ1) is 15.7. The normalized spacial score (nSPS) is 11.2. The molecule has 1 aromatic carbocycles. The number of aryl methyl sites for hydroxylation is 1. The quantitative estimate of drug-likeness (QED) is 0.197. The van der Waals surface area contributed by atoms with Crippen molar-refractivity contribution in [3.63, 3.8) is 0 Å². The van der Waals surface area contributed by atoms with Crippen LogP contribution in [0.25, 0.3) is 5.82 Å². The highest BCUT2D eigenvalue weighted by Crippen LogP contribution is 2.11. The first-order valence-corrected chi connectivity index (χ1v) is 10.7. The van der Waals surface area contributed by atoms with Gasteiger partial charge in [-0.15, -0.1) is 24.0 Å². The Morgan fingerprint density at radius 2 is 1.82 bits per heavy atom. The molecule has 3 heterocycles. The molecule has 0 saturated carbocycles. The third kappa shape index (κ3) is 6.64. The van der Waals surface area contributed by atoms with E-state index in [9.17, 15) is 0 Å². The van der Waals surface area contributed by atoms with Gasteiger partial charge in [0.2, 0.25) is 0 Å². The van der Waals surface area contributed by atoms with Crippen LogP contribution in [0, 0.1) is 6.92 Å². The summed E-state index contributed by atoms with van der Waals surface area (Å²) in [5, 5.41) is 11.1. The molecule has 4 aromatic rings. The maximum atomic E-state index is 4.73. The van der Waals surface area contributed by atoms with Gasteiger partial charge in [-0.3, -0.25) is 9.25 Å². The van der Waals surface area contributed by atoms with Gasteiger partial charge in [-0.1, -0.05) is 30.3 Å². The van der Waals surface area contributed by atoms with Gasteiger partial charge in [0.1, 0.15) is 11.6 Å². The van der Waals surface area contributed by atoms with Gasteiger partial charge in [0.25, 0.3) is 0 Å². The zero-order valence-electron chi connectivity index (χ0n) is 18.8. The third-order valence-electron chi connectivity index (χ3n) is 5.10. The van der Waals surface area contributed by atoms with Crippen LogP contribution in [0.3, 0.4) is 0 Å². The van der Waals surface area contributed by atoms with Crippen LogP contribution in [0.4, 0.5) is 0 Å². The third-order valence-corrected chi connectivity index (χ3v) is 5.10. The molecule has 0 unspecified atom stereocenters. The SMILES string of the molecule is CCNC(=NCc1ccc(-n2ccnc2C)nc1)NCc1ccccc1Cn1cccn1.I. The van der Waals surface area contributed by atoms with Crippen molar-refractivity contribution in [1.29, 1.82) is 0 Å². The van der Waals surface area contributed by atoms with Gasteiger partial charge in [-0.05, 0) is 42.7 Å². The van der Waals surface area contributed by atoms with Crippen molar-refractivity contribution in [2.75, 3.05) is 6.54 Å². The molecule has 0 saturated heterocycles. The first-order valence-electron chi connectivity index (χ1n) is 10.7. The minimum Gasteiger partial charge on any atom is -0.357 e. The molecule has 0 spiro atoms. The molecule has 0 bridgehead atoms. The number of halogens is 1. The van der Waals surface area contributed by atoms with Crippen molar-refractivity contribution in [3.8, 4) is 5.82 Å². The standard InChI is InChI=1S/C24H28N8.HI/c1-3-25-24(28-16-20-9-10-23(27-15-20)32-14-12-26-19(32)2)29-17-21-7-4-5-8-22(21)18-31-13-6-11-30-31;/h4-15H,3,16-18H2,1-2H3,(H2,25,28,29);1H. The zero-order valence-corrected chi connectivity index (χ0v) is 21.2. The van der Waals surface area contributed by atoms with Crippen molar-refractivity contribution in [3.05, 3.63) is 96.0 Å². The fourth-order valence-corrected chi connectivity index (χ4v) is 3.42. The van der Waals surface area contributed by atoms with Crippen LogP contribution in [-0.4, -0.2) is 36.8 Å². The van der Waals surface area contributed by atoms with Gasteiger partial charge in [0, 0.05) is 44.1 Å². The molecule has 0 atom stereocenters. The molecular weight excluding hydrogens is 527 g/mol. The van der Waals surface area contributed by atoms with E-state index in [2.05, 4.69) is 56.9 Å². The van der Waals surface area contributed by atoms with Gasteiger partial charge in [0.15, 0.2) is 5.96 Å². The summed E-state index contributed by atoms with van der Waals surface area (Å²) < 4.78 is 3.89. The summed E-state index contributed by atoms with van der Waals surface area (Å²) in [6.45, 7) is 6.78. The summed E-state index contributed by atoms with van der Waals surface area (Å²) in [4.78, 5) is 13.5. The lowest BCUT2D eigenvalue weighted by atomic mass is 10.1. The predicted molar refractivity (Wildman–Crippen MR) is 141 cm³/mol. The van der Waals surface area contributed by atoms with Crippen molar-refractivity contribution < 1.29 is 0 Å². The number of aliphatic imine (C=N–C) groups is 1. The van der Waals surface area contributed by atoms with Crippen LogP contribution in [0.15, 0.2) is 78.4 Å². The fraction of sp³-hybridized carbons (Fsp3) is 0.250. The molecule has 9 heteroatoms. The van der Waals surface area contributed by atoms with Gasteiger partial charge in [-0.2, -0.15) is 5.10 Å². The van der Waals surface area contributed by atoms with Crippen molar-refractivity contribution >= 4 is 29.9 Å². The highest BCUT2D eigenvalue weighted by Gasteiger charge is 2.06. The Hall–Kier alpha value is -3.21.